The molecule has 0 aromatic heterocycles. The summed E-state index contributed by atoms with van der Waals surface area (Å²) in [7, 11) is 0. The van der Waals surface area contributed by atoms with Crippen LogP contribution in [-0.4, -0.2) is 0 Å². The largest absolute Gasteiger partial charge is 0.0823 e. The van der Waals surface area contributed by atoms with Gasteiger partial charge in [-0.25, -0.2) is 0 Å². The number of hydrogen-bond donors (Lipinski definition) is 0. The highest BCUT2D eigenvalue weighted by Crippen LogP contribution is 2.62. The fraction of sp³-hybridized carbons (Fsp3) is 0.143. The molecule has 0 saturated carbocycles. The first-order valence-corrected chi connectivity index (χ1v) is 7.17. The summed E-state index contributed by atoms with van der Waals surface area (Å²) in [5.74, 6) is 0. The van der Waals surface area contributed by atoms with Crippen LogP contribution >= 0.6 is 31.9 Å². The van der Waals surface area contributed by atoms with Crippen molar-refractivity contribution in [3.05, 3.63) is 47.5 Å². The summed E-state index contributed by atoms with van der Waals surface area (Å²) in [5.41, 5.74) is 8.62. The van der Waals surface area contributed by atoms with Gasteiger partial charge >= 0.3 is 0 Å². The molecule has 0 fully saturated rings. The maximum atomic E-state index is 3.75. The van der Waals surface area contributed by atoms with Gasteiger partial charge in [0.15, 0.2) is 0 Å². The van der Waals surface area contributed by atoms with Crippen LogP contribution in [0.4, 0.5) is 0 Å². The van der Waals surface area contributed by atoms with Gasteiger partial charge in [-0.1, -0.05) is 68.3 Å². The highest BCUT2D eigenvalue weighted by molar-refractivity contribution is 9.12. The molecule has 0 saturated heterocycles. The van der Waals surface area contributed by atoms with E-state index in [1.54, 1.807) is 0 Å². The lowest BCUT2D eigenvalue weighted by molar-refractivity contribution is 0.822. The van der Waals surface area contributed by atoms with E-state index in [1.165, 1.54) is 33.4 Å². The van der Waals surface area contributed by atoms with E-state index in [9.17, 15) is 0 Å². The molecule has 2 aliphatic rings. The highest BCUT2D eigenvalue weighted by Gasteiger charge is 2.40. The Bertz CT molecular complexity index is 616. The lowest BCUT2D eigenvalue weighted by Gasteiger charge is -2.39. The quantitative estimate of drug-likeness (QED) is 0.494. The molecule has 2 aromatic carbocycles. The van der Waals surface area contributed by atoms with Gasteiger partial charge in [0, 0.05) is 0 Å². The molecule has 0 aliphatic heterocycles. The minimum atomic E-state index is 0.464. The van der Waals surface area contributed by atoms with Gasteiger partial charge < -0.3 is 0 Å². The molecule has 2 aliphatic carbocycles. The zero-order chi connectivity index (χ0) is 10.9. The lowest BCUT2D eigenvalue weighted by Crippen LogP contribution is -2.19. The van der Waals surface area contributed by atoms with E-state index in [0.29, 0.717) is 9.65 Å². The van der Waals surface area contributed by atoms with Crippen LogP contribution in [0, 0.1) is 0 Å². The summed E-state index contributed by atoms with van der Waals surface area (Å²) in [6, 6.07) is 13.2. The van der Waals surface area contributed by atoms with Crippen LogP contribution < -0.4 is 0 Å². The zero-order valence-corrected chi connectivity index (χ0v) is 11.5. The van der Waals surface area contributed by atoms with Crippen molar-refractivity contribution in [1.29, 1.82) is 0 Å². The molecule has 0 heterocycles. The van der Waals surface area contributed by atoms with Crippen LogP contribution in [0.5, 0.6) is 0 Å². The molecule has 0 bridgehead atoms. The first-order chi connectivity index (χ1) is 7.79. The van der Waals surface area contributed by atoms with E-state index >= 15 is 0 Å². The third-order valence-electron chi connectivity index (χ3n) is 3.60. The lowest BCUT2D eigenvalue weighted by atomic mass is 9.71. The van der Waals surface area contributed by atoms with Crippen LogP contribution in [0.15, 0.2) is 36.4 Å². The first-order valence-electron chi connectivity index (χ1n) is 5.34. The van der Waals surface area contributed by atoms with Gasteiger partial charge in [-0.3, -0.25) is 0 Å². The number of hydrogen-bond acceptors (Lipinski definition) is 0. The Morgan fingerprint density at radius 1 is 0.750 bits per heavy atom. The normalized spacial score (nSPS) is 23.6. The van der Waals surface area contributed by atoms with Crippen LogP contribution in [-0.2, 0) is 0 Å². The van der Waals surface area contributed by atoms with E-state index in [2.05, 4.69) is 68.3 Å². The van der Waals surface area contributed by atoms with E-state index < -0.39 is 0 Å². The van der Waals surface area contributed by atoms with E-state index in [1.807, 2.05) is 0 Å². The van der Waals surface area contributed by atoms with Gasteiger partial charge in [0.05, 0.1) is 9.65 Å². The number of alkyl halides is 2. The molecule has 0 N–H and O–H groups in total. The third kappa shape index (κ3) is 0.917. The van der Waals surface area contributed by atoms with Crippen LogP contribution in [0.3, 0.4) is 0 Å². The van der Waals surface area contributed by atoms with Gasteiger partial charge in [-0.2, -0.15) is 0 Å². The average molecular weight is 336 g/mol. The SMILES string of the molecule is BrC1c2ccc3c(c2C1Br)-c1ccccc1-3. The molecule has 0 amide bonds. The molecule has 2 unspecified atom stereocenters. The van der Waals surface area contributed by atoms with Gasteiger partial charge in [0.1, 0.15) is 0 Å². The Kier molecular flexibility index (Phi) is 1.76. The van der Waals surface area contributed by atoms with Gasteiger partial charge in [0.25, 0.3) is 0 Å². The van der Waals surface area contributed by atoms with Gasteiger partial charge in [0.2, 0.25) is 0 Å². The van der Waals surface area contributed by atoms with Crippen molar-refractivity contribution in [3.63, 3.8) is 0 Å². The fourth-order valence-electron chi connectivity index (χ4n) is 2.77. The Morgan fingerprint density at radius 3 is 2.31 bits per heavy atom. The summed E-state index contributed by atoms with van der Waals surface area (Å²) >= 11 is 7.45. The van der Waals surface area contributed by atoms with E-state index in [4.69, 9.17) is 0 Å². The second-order valence-electron chi connectivity index (χ2n) is 4.34. The summed E-state index contributed by atoms with van der Waals surface area (Å²) in [5, 5.41) is 0. The van der Waals surface area contributed by atoms with Crippen molar-refractivity contribution >= 4 is 31.9 Å². The van der Waals surface area contributed by atoms with Crippen molar-refractivity contribution in [2.75, 3.05) is 0 Å². The second kappa shape index (κ2) is 2.99. The average Bonchev–Trinajstić information content (AvgIpc) is 2.33. The summed E-state index contributed by atoms with van der Waals surface area (Å²) in [6.45, 7) is 0. The van der Waals surface area contributed by atoms with Crippen molar-refractivity contribution in [3.8, 4) is 22.3 Å². The minimum absolute atomic E-state index is 0.464. The van der Waals surface area contributed by atoms with Crippen LogP contribution in [0.1, 0.15) is 20.8 Å². The molecule has 2 heteroatoms. The number of halogens is 2. The van der Waals surface area contributed by atoms with E-state index in [0.717, 1.165) is 0 Å². The van der Waals surface area contributed by atoms with Crippen molar-refractivity contribution in [2.45, 2.75) is 9.65 Å². The molecular weight excluding hydrogens is 328 g/mol. The fourth-order valence-corrected chi connectivity index (χ4v) is 4.21. The Hall–Kier alpha value is -0.600. The standard InChI is InChI=1S/C14H8Br2/c15-13-10-6-5-9-7-3-1-2-4-8(7)11(9)12(10)14(13)16/h1-6,13-14H. The Morgan fingerprint density at radius 2 is 1.50 bits per heavy atom. The monoisotopic (exact) mass is 334 g/mol. The molecule has 78 valence electrons. The predicted molar refractivity (Wildman–Crippen MR) is 74.2 cm³/mol. The molecule has 0 spiro atoms. The molecule has 0 nitrogen and oxygen atoms in total. The molecule has 2 aromatic rings. The molecule has 0 radical (unpaired) electrons. The van der Waals surface area contributed by atoms with Crippen molar-refractivity contribution < 1.29 is 0 Å². The predicted octanol–water partition coefficient (Wildman–Crippen LogP) is 5.22. The third-order valence-corrected chi connectivity index (χ3v) is 6.31. The summed E-state index contributed by atoms with van der Waals surface area (Å²) in [6.07, 6.45) is 0. The molecular formula is C14H8Br2. The second-order valence-corrected chi connectivity index (χ2v) is 6.31. The number of rotatable bonds is 0. The number of fused-ring (bicyclic) bond motifs is 6. The zero-order valence-electron chi connectivity index (χ0n) is 8.37. The first kappa shape index (κ1) is 9.43. The summed E-state index contributed by atoms with van der Waals surface area (Å²) < 4.78 is 0. The maximum Gasteiger partial charge on any atom is 0.0570 e. The van der Waals surface area contributed by atoms with Crippen LogP contribution in [0.2, 0.25) is 0 Å². The Labute approximate surface area is 111 Å². The molecule has 16 heavy (non-hydrogen) atoms. The van der Waals surface area contributed by atoms with Gasteiger partial charge in [-0.15, -0.1) is 0 Å². The molecule has 2 atom stereocenters. The maximum absolute atomic E-state index is 3.75. The summed E-state index contributed by atoms with van der Waals surface area (Å²) in [4.78, 5) is 0.936. The smallest absolute Gasteiger partial charge is 0.0570 e. The topological polar surface area (TPSA) is 0 Å². The minimum Gasteiger partial charge on any atom is -0.0823 e. The number of benzene rings is 2. The van der Waals surface area contributed by atoms with Gasteiger partial charge in [-0.05, 0) is 33.4 Å². The highest BCUT2D eigenvalue weighted by atomic mass is 79.9. The van der Waals surface area contributed by atoms with Crippen LogP contribution in [0.25, 0.3) is 22.3 Å². The Balaban J connectivity index is 2.02. The van der Waals surface area contributed by atoms with Crippen molar-refractivity contribution in [2.24, 2.45) is 0 Å². The van der Waals surface area contributed by atoms with E-state index in [-0.39, 0.29) is 0 Å². The molecule has 4 rings (SSSR count). The van der Waals surface area contributed by atoms with Crippen molar-refractivity contribution in [1.82, 2.24) is 0 Å².